The van der Waals surface area contributed by atoms with Crippen molar-refractivity contribution >= 4 is 17.5 Å². The number of aromatic nitrogens is 3. The third-order valence-electron chi connectivity index (χ3n) is 7.20. The molecule has 3 heterocycles. The number of imidazole rings is 1. The van der Waals surface area contributed by atoms with Crippen LogP contribution in [0.5, 0.6) is 0 Å². The van der Waals surface area contributed by atoms with Crippen LogP contribution in [0, 0.1) is 17.3 Å². The lowest BCUT2D eigenvalue weighted by molar-refractivity contribution is -0.195. The number of amides is 1. The predicted molar refractivity (Wildman–Crippen MR) is 116 cm³/mol. The highest BCUT2D eigenvalue weighted by Crippen LogP contribution is 2.41. The second-order valence-corrected chi connectivity index (χ2v) is 9.47. The van der Waals surface area contributed by atoms with E-state index in [1.54, 1.807) is 18.3 Å². The number of carbonyl (C=O) groups is 2. The molecule has 2 aliphatic rings. The third-order valence-corrected chi connectivity index (χ3v) is 7.20. The van der Waals surface area contributed by atoms with Crippen molar-refractivity contribution in [2.45, 2.75) is 63.6 Å². The summed E-state index contributed by atoms with van der Waals surface area (Å²) in [7, 11) is 1.06. The van der Waals surface area contributed by atoms with E-state index in [4.69, 9.17) is 10.5 Å². The van der Waals surface area contributed by atoms with Gasteiger partial charge in [-0.25, -0.2) is 9.50 Å². The van der Waals surface area contributed by atoms with Crippen LogP contribution in [0.25, 0.3) is 5.65 Å². The first-order valence-electron chi connectivity index (χ1n) is 11.7. The Kier molecular flexibility index (Phi) is 6.84. The number of hydrogen-bond acceptors (Lipinski definition) is 6. The molecule has 3 atom stereocenters. The fourth-order valence-electron chi connectivity index (χ4n) is 5.21. The monoisotopic (exact) mass is 481 g/mol. The molecule has 1 saturated carbocycles. The molecule has 0 bridgehead atoms. The molecule has 2 aromatic rings. The van der Waals surface area contributed by atoms with Gasteiger partial charge in [-0.1, -0.05) is 25.7 Å². The van der Waals surface area contributed by atoms with Crippen molar-refractivity contribution in [3.8, 4) is 0 Å². The number of ether oxygens (including phenoxy) is 1. The van der Waals surface area contributed by atoms with Crippen molar-refractivity contribution in [3.05, 3.63) is 29.7 Å². The fourth-order valence-corrected chi connectivity index (χ4v) is 5.21. The molecular weight excluding hydrogens is 451 g/mol. The van der Waals surface area contributed by atoms with Crippen LogP contribution in [0.4, 0.5) is 13.2 Å². The number of halogens is 3. The van der Waals surface area contributed by atoms with Crippen molar-refractivity contribution in [2.24, 2.45) is 23.0 Å². The van der Waals surface area contributed by atoms with Gasteiger partial charge in [-0.2, -0.15) is 18.3 Å². The van der Waals surface area contributed by atoms with Crippen LogP contribution < -0.4 is 11.1 Å². The number of hydrogen-bond donors (Lipinski definition) is 2. The van der Waals surface area contributed by atoms with Gasteiger partial charge in [0, 0.05) is 13.0 Å². The fraction of sp³-hybridized carbons (Fsp3) is 0.652. The van der Waals surface area contributed by atoms with Gasteiger partial charge in [0.25, 0.3) is 0 Å². The van der Waals surface area contributed by atoms with Gasteiger partial charge in [0.05, 0.1) is 36.7 Å². The van der Waals surface area contributed by atoms with Gasteiger partial charge < -0.3 is 15.8 Å². The minimum atomic E-state index is -4.56. The Bertz CT molecular complexity index is 1040. The second kappa shape index (κ2) is 9.52. The van der Waals surface area contributed by atoms with Crippen LogP contribution in [-0.4, -0.2) is 46.3 Å². The van der Waals surface area contributed by atoms with Gasteiger partial charge in [0.15, 0.2) is 11.1 Å². The molecule has 1 aliphatic heterocycles. The van der Waals surface area contributed by atoms with Gasteiger partial charge in [0.1, 0.15) is 0 Å². The highest BCUT2D eigenvalue weighted by molar-refractivity contribution is 6.03. The van der Waals surface area contributed by atoms with Crippen LogP contribution in [-0.2, 0) is 20.7 Å². The number of fused-ring (bicyclic) bond motifs is 1. The van der Waals surface area contributed by atoms with Gasteiger partial charge in [-0.3, -0.25) is 9.59 Å². The third kappa shape index (κ3) is 4.75. The summed E-state index contributed by atoms with van der Waals surface area (Å²) in [5.41, 5.74) is 6.02. The van der Waals surface area contributed by atoms with E-state index in [9.17, 15) is 22.8 Å². The largest absolute Gasteiger partial charge is 0.468 e. The first-order valence-corrected chi connectivity index (χ1v) is 11.7. The lowest BCUT2D eigenvalue weighted by Gasteiger charge is -2.38. The summed E-state index contributed by atoms with van der Waals surface area (Å²) in [4.78, 5) is 29.9. The molecule has 1 unspecified atom stereocenters. The van der Waals surface area contributed by atoms with Crippen molar-refractivity contribution in [2.75, 3.05) is 13.7 Å². The molecule has 11 heteroatoms. The van der Waals surface area contributed by atoms with Crippen LogP contribution in [0.2, 0.25) is 0 Å². The molecule has 34 heavy (non-hydrogen) atoms. The van der Waals surface area contributed by atoms with Gasteiger partial charge in [-0.05, 0) is 37.3 Å². The quantitative estimate of drug-likeness (QED) is 0.386. The van der Waals surface area contributed by atoms with E-state index >= 15 is 0 Å². The maximum Gasteiger partial charge on any atom is 0.393 e. The number of nitrogens with zero attached hydrogens (tertiary/aromatic N) is 3. The van der Waals surface area contributed by atoms with Crippen molar-refractivity contribution in [1.82, 2.24) is 19.9 Å². The lowest BCUT2D eigenvalue weighted by Crippen LogP contribution is -2.57. The summed E-state index contributed by atoms with van der Waals surface area (Å²) in [6.07, 6.45) is 2.95. The number of piperidine rings is 1. The lowest BCUT2D eigenvalue weighted by atomic mass is 9.72. The van der Waals surface area contributed by atoms with E-state index in [2.05, 4.69) is 15.4 Å². The zero-order chi connectivity index (χ0) is 24.5. The molecule has 1 amide bonds. The molecule has 1 saturated heterocycles. The number of alkyl halides is 3. The molecule has 3 N–H and O–H groups in total. The zero-order valence-electron chi connectivity index (χ0n) is 19.1. The summed E-state index contributed by atoms with van der Waals surface area (Å²) in [5.74, 6) is -3.32. The van der Waals surface area contributed by atoms with E-state index in [0.717, 1.165) is 32.8 Å². The Labute approximate surface area is 195 Å². The van der Waals surface area contributed by atoms with E-state index in [1.165, 1.54) is 17.4 Å². The Balaban J connectivity index is 1.61. The van der Waals surface area contributed by atoms with E-state index in [1.807, 2.05) is 0 Å². The standard InChI is InChI=1S/C23H30F3N5O3/c1-34-21(33)22(10-15(23(24,25)26)12-28-20(22)32)11-16-8-9-18-29-17(13-31(18)30-16)19(27)14-6-4-2-3-5-7-14/h8-9,13-15,19H,2-7,10-12,27H2,1H3,(H,28,32)/t15?,19-,22+/m0/s1. The first-order chi connectivity index (χ1) is 16.1. The van der Waals surface area contributed by atoms with Crippen molar-refractivity contribution < 1.29 is 27.5 Å². The summed E-state index contributed by atoms with van der Waals surface area (Å²) >= 11 is 0. The van der Waals surface area contributed by atoms with Gasteiger partial charge >= 0.3 is 12.1 Å². The molecule has 8 nitrogen and oxygen atoms in total. The highest BCUT2D eigenvalue weighted by Gasteiger charge is 2.56. The Morgan fingerprint density at radius 2 is 2.00 bits per heavy atom. The Morgan fingerprint density at radius 1 is 1.29 bits per heavy atom. The van der Waals surface area contributed by atoms with Crippen LogP contribution in [0.15, 0.2) is 18.3 Å². The highest BCUT2D eigenvalue weighted by atomic mass is 19.4. The normalized spacial score (nSPS) is 25.6. The second-order valence-electron chi connectivity index (χ2n) is 9.47. The number of nitrogens with two attached hydrogens (primary N) is 1. The van der Waals surface area contributed by atoms with Crippen molar-refractivity contribution in [1.29, 1.82) is 0 Å². The number of nitrogens with one attached hydrogen (secondary N) is 1. The van der Waals surface area contributed by atoms with E-state index in [0.29, 0.717) is 17.3 Å². The average Bonchev–Trinajstić information content (AvgIpc) is 3.03. The summed E-state index contributed by atoms with van der Waals surface area (Å²) in [5, 5.41) is 6.69. The van der Waals surface area contributed by atoms with Crippen LogP contribution in [0.3, 0.4) is 0 Å². The molecule has 1 aliphatic carbocycles. The average molecular weight is 482 g/mol. The molecule has 0 radical (unpaired) electrons. The molecule has 0 aromatic carbocycles. The molecular formula is C23H30F3N5O3. The summed E-state index contributed by atoms with van der Waals surface area (Å²) in [6.45, 7) is -0.572. The predicted octanol–water partition coefficient (Wildman–Crippen LogP) is 3.10. The minimum absolute atomic E-state index is 0.235. The SMILES string of the molecule is COC(=O)[C@@]1(Cc2ccc3nc([C@@H](N)C4CCCCCC4)cn3n2)CC(C(F)(F)F)CNC1=O. The summed E-state index contributed by atoms with van der Waals surface area (Å²) in [6, 6.07) is 3.00. The maximum absolute atomic E-state index is 13.4. The number of carbonyl (C=O) groups excluding carboxylic acids is 2. The number of rotatable bonds is 5. The Hall–Kier alpha value is -2.69. The number of methoxy groups -OCH3 is 1. The smallest absolute Gasteiger partial charge is 0.393 e. The minimum Gasteiger partial charge on any atom is -0.468 e. The summed E-state index contributed by atoms with van der Waals surface area (Å²) < 4.78 is 46.6. The number of esters is 1. The molecule has 0 spiro atoms. The maximum atomic E-state index is 13.4. The van der Waals surface area contributed by atoms with Crippen molar-refractivity contribution in [3.63, 3.8) is 0 Å². The molecule has 2 aromatic heterocycles. The topological polar surface area (TPSA) is 112 Å². The first kappa shape index (κ1) is 24.4. The molecule has 4 rings (SSSR count). The Morgan fingerprint density at radius 3 is 2.65 bits per heavy atom. The van der Waals surface area contributed by atoms with Gasteiger partial charge in [-0.15, -0.1) is 0 Å². The zero-order valence-corrected chi connectivity index (χ0v) is 19.1. The van der Waals surface area contributed by atoms with Gasteiger partial charge in [0.2, 0.25) is 5.91 Å². The molecule has 186 valence electrons. The van der Waals surface area contributed by atoms with Crippen LogP contribution in [0.1, 0.15) is 62.4 Å². The van der Waals surface area contributed by atoms with E-state index in [-0.39, 0.29) is 18.2 Å². The molecule has 2 fully saturated rings. The van der Waals surface area contributed by atoms with E-state index < -0.39 is 42.4 Å². The van der Waals surface area contributed by atoms with Crippen LogP contribution >= 0.6 is 0 Å².